The minimum Gasteiger partial charge on any atom is -0.288 e. The van der Waals surface area contributed by atoms with Crippen molar-refractivity contribution in [2.75, 3.05) is 0 Å². The molecule has 2 amide bonds. The van der Waals surface area contributed by atoms with Crippen molar-refractivity contribution in [3.63, 3.8) is 0 Å². The average molecular weight is 334 g/mol. The Morgan fingerprint density at radius 2 is 1.85 bits per heavy atom. The zero-order valence-corrected chi connectivity index (χ0v) is 11.8. The Kier molecular flexibility index (Phi) is 3.14. The quantitative estimate of drug-likeness (QED) is 0.858. The molecule has 5 heteroatoms. The van der Waals surface area contributed by atoms with Crippen LogP contribution in [0.5, 0.6) is 0 Å². The van der Waals surface area contributed by atoms with E-state index in [-0.39, 0.29) is 12.2 Å². The van der Waals surface area contributed by atoms with Gasteiger partial charge in [-0.25, -0.2) is 4.39 Å². The fourth-order valence-corrected chi connectivity index (χ4v) is 2.64. The number of hydrogen-bond acceptors (Lipinski definition) is 2. The highest BCUT2D eigenvalue weighted by molar-refractivity contribution is 9.10. The van der Waals surface area contributed by atoms with Crippen molar-refractivity contribution >= 4 is 27.7 Å². The Balaban J connectivity index is 2.04. The highest BCUT2D eigenvalue weighted by atomic mass is 79.9. The van der Waals surface area contributed by atoms with Gasteiger partial charge in [0, 0.05) is 10.9 Å². The number of imide groups is 1. The van der Waals surface area contributed by atoms with Gasteiger partial charge in [0.2, 0.25) is 0 Å². The Morgan fingerprint density at radius 1 is 1.05 bits per heavy atom. The van der Waals surface area contributed by atoms with Crippen LogP contribution in [0, 0.1) is 5.82 Å². The van der Waals surface area contributed by atoms with Gasteiger partial charge in [-0.15, -0.1) is 0 Å². The number of rotatable bonds is 2. The van der Waals surface area contributed by atoms with Crippen molar-refractivity contribution in [1.29, 1.82) is 0 Å². The molecular weight excluding hydrogens is 325 g/mol. The molecule has 20 heavy (non-hydrogen) atoms. The molecule has 0 spiro atoms. The number of halogens is 2. The monoisotopic (exact) mass is 333 g/mol. The third-order valence-corrected chi connectivity index (χ3v) is 3.74. The predicted molar refractivity (Wildman–Crippen MR) is 75.1 cm³/mol. The third-order valence-electron chi connectivity index (χ3n) is 3.25. The molecule has 2 aromatic carbocycles. The topological polar surface area (TPSA) is 46.2 Å². The first-order valence-corrected chi connectivity index (χ1v) is 6.77. The van der Waals surface area contributed by atoms with Crippen LogP contribution in [0.1, 0.15) is 31.8 Å². The molecule has 0 aromatic heterocycles. The molecule has 0 atom stereocenters. The maximum atomic E-state index is 13.9. The molecule has 1 aliphatic rings. The van der Waals surface area contributed by atoms with Crippen LogP contribution in [-0.2, 0) is 6.42 Å². The zero-order chi connectivity index (χ0) is 14.3. The van der Waals surface area contributed by atoms with Gasteiger partial charge in [-0.1, -0.05) is 34.1 Å². The molecule has 0 saturated heterocycles. The molecule has 1 aliphatic heterocycles. The lowest BCUT2D eigenvalue weighted by Gasteiger charge is -2.07. The summed E-state index contributed by atoms with van der Waals surface area (Å²) in [4.78, 5) is 23.4. The Labute approximate surface area is 122 Å². The first-order chi connectivity index (χ1) is 9.56. The van der Waals surface area contributed by atoms with Crippen LogP contribution in [-0.4, -0.2) is 11.8 Å². The van der Waals surface area contributed by atoms with Crippen LogP contribution in [0.3, 0.4) is 0 Å². The highest BCUT2D eigenvalue weighted by Crippen LogP contribution is 2.24. The van der Waals surface area contributed by atoms with E-state index in [2.05, 4.69) is 21.2 Å². The maximum Gasteiger partial charge on any atom is 0.259 e. The van der Waals surface area contributed by atoms with Gasteiger partial charge in [0.25, 0.3) is 11.8 Å². The van der Waals surface area contributed by atoms with Gasteiger partial charge >= 0.3 is 0 Å². The van der Waals surface area contributed by atoms with Gasteiger partial charge in [-0.3, -0.25) is 14.9 Å². The molecule has 0 unspecified atom stereocenters. The summed E-state index contributed by atoms with van der Waals surface area (Å²) >= 11 is 3.20. The number of carbonyl (C=O) groups is 2. The summed E-state index contributed by atoms with van der Waals surface area (Å²) in [6.45, 7) is 0. The van der Waals surface area contributed by atoms with Crippen molar-refractivity contribution in [2.45, 2.75) is 6.42 Å². The van der Waals surface area contributed by atoms with Crippen LogP contribution in [0.25, 0.3) is 0 Å². The van der Waals surface area contributed by atoms with Crippen LogP contribution < -0.4 is 5.32 Å². The van der Waals surface area contributed by atoms with E-state index in [1.165, 1.54) is 6.07 Å². The summed E-state index contributed by atoms with van der Waals surface area (Å²) in [5.41, 5.74) is 1.82. The van der Waals surface area contributed by atoms with Crippen molar-refractivity contribution < 1.29 is 14.0 Å². The number of benzene rings is 2. The van der Waals surface area contributed by atoms with Gasteiger partial charge in [0.15, 0.2) is 0 Å². The first kappa shape index (κ1) is 13.0. The summed E-state index contributed by atoms with van der Waals surface area (Å²) in [5, 5.41) is 2.25. The van der Waals surface area contributed by atoms with Crippen molar-refractivity contribution in [1.82, 2.24) is 5.32 Å². The van der Waals surface area contributed by atoms with Gasteiger partial charge < -0.3 is 0 Å². The smallest absolute Gasteiger partial charge is 0.259 e. The van der Waals surface area contributed by atoms with Crippen LogP contribution in [0.4, 0.5) is 4.39 Å². The Morgan fingerprint density at radius 3 is 2.60 bits per heavy atom. The molecule has 1 N–H and O–H groups in total. The largest absolute Gasteiger partial charge is 0.288 e. The van der Waals surface area contributed by atoms with E-state index in [1.54, 1.807) is 30.3 Å². The van der Waals surface area contributed by atoms with E-state index in [0.717, 1.165) is 0 Å². The molecule has 0 fully saturated rings. The van der Waals surface area contributed by atoms with E-state index in [4.69, 9.17) is 0 Å². The minimum absolute atomic E-state index is 0.267. The molecule has 100 valence electrons. The summed E-state index contributed by atoms with van der Waals surface area (Å²) in [5.74, 6) is -1.16. The van der Waals surface area contributed by atoms with E-state index in [1.807, 2.05) is 0 Å². The number of amides is 2. The second-order valence-corrected chi connectivity index (χ2v) is 5.45. The third kappa shape index (κ3) is 2.14. The standard InChI is InChI=1S/C15H9BrFNO2/c16-10-5-4-8(12(17)7-10)6-9-2-1-3-11-13(9)15(20)18-14(11)19/h1-5,7H,6H2,(H,18,19,20). The Hall–Kier alpha value is -2.01. The average Bonchev–Trinajstić information content (AvgIpc) is 2.69. The fraction of sp³-hybridized carbons (Fsp3) is 0.0667. The second kappa shape index (κ2) is 4.83. The molecule has 0 bridgehead atoms. The zero-order valence-electron chi connectivity index (χ0n) is 10.2. The van der Waals surface area contributed by atoms with E-state index in [9.17, 15) is 14.0 Å². The lowest BCUT2D eigenvalue weighted by molar-refractivity contribution is 0.0879. The lowest BCUT2D eigenvalue weighted by Crippen LogP contribution is -2.20. The van der Waals surface area contributed by atoms with Crippen LogP contribution in [0.2, 0.25) is 0 Å². The molecular formula is C15H9BrFNO2. The minimum atomic E-state index is -0.418. The molecule has 0 saturated carbocycles. The SMILES string of the molecule is O=C1NC(=O)c2c(Cc3ccc(Br)cc3F)cccc21. The summed E-state index contributed by atoms with van der Waals surface area (Å²) in [6, 6.07) is 9.81. The fourth-order valence-electron chi connectivity index (χ4n) is 2.31. The normalized spacial score (nSPS) is 13.3. The second-order valence-electron chi connectivity index (χ2n) is 4.54. The summed E-state index contributed by atoms with van der Waals surface area (Å²) in [7, 11) is 0. The van der Waals surface area contributed by atoms with Gasteiger partial charge in [-0.05, 0) is 29.3 Å². The van der Waals surface area contributed by atoms with E-state index in [0.29, 0.717) is 26.7 Å². The number of fused-ring (bicyclic) bond motifs is 1. The van der Waals surface area contributed by atoms with Crippen LogP contribution in [0.15, 0.2) is 40.9 Å². The maximum absolute atomic E-state index is 13.9. The molecule has 0 radical (unpaired) electrons. The summed E-state index contributed by atoms with van der Waals surface area (Å²) < 4.78 is 14.5. The van der Waals surface area contributed by atoms with Gasteiger partial charge in [0.1, 0.15) is 5.82 Å². The van der Waals surface area contributed by atoms with Crippen molar-refractivity contribution in [3.05, 3.63) is 68.9 Å². The van der Waals surface area contributed by atoms with Gasteiger partial charge in [-0.2, -0.15) is 0 Å². The van der Waals surface area contributed by atoms with E-state index < -0.39 is 11.8 Å². The molecule has 2 aromatic rings. The molecule has 1 heterocycles. The van der Waals surface area contributed by atoms with Crippen LogP contribution >= 0.6 is 15.9 Å². The molecule has 3 nitrogen and oxygen atoms in total. The number of hydrogen-bond donors (Lipinski definition) is 1. The van der Waals surface area contributed by atoms with Crippen molar-refractivity contribution in [3.8, 4) is 0 Å². The number of nitrogens with one attached hydrogen (secondary N) is 1. The van der Waals surface area contributed by atoms with E-state index >= 15 is 0 Å². The Bertz CT molecular complexity index is 743. The first-order valence-electron chi connectivity index (χ1n) is 5.98. The highest BCUT2D eigenvalue weighted by Gasteiger charge is 2.29. The van der Waals surface area contributed by atoms with Gasteiger partial charge in [0.05, 0.1) is 11.1 Å². The van der Waals surface area contributed by atoms with Crippen molar-refractivity contribution in [2.24, 2.45) is 0 Å². The molecule has 3 rings (SSSR count). The summed E-state index contributed by atoms with van der Waals surface area (Å²) in [6.07, 6.45) is 0.267. The lowest BCUT2D eigenvalue weighted by atomic mass is 9.96. The predicted octanol–water partition coefficient (Wildman–Crippen LogP) is 3.06. The number of carbonyl (C=O) groups excluding carboxylic acids is 2. The molecule has 0 aliphatic carbocycles.